The van der Waals surface area contributed by atoms with Gasteiger partial charge in [0, 0.05) is 18.2 Å². The third kappa shape index (κ3) is 7.29. The monoisotopic (exact) mass is 276 g/mol. The highest BCUT2D eigenvalue weighted by molar-refractivity contribution is 5.90. The van der Waals surface area contributed by atoms with Crippen LogP contribution in [0.3, 0.4) is 0 Å². The van der Waals surface area contributed by atoms with E-state index in [2.05, 4.69) is 24.4 Å². The number of nitrogens with two attached hydrogens (primary N) is 1. The highest BCUT2D eigenvalue weighted by Gasteiger charge is 2.03. The van der Waals surface area contributed by atoms with E-state index in [1.165, 1.54) is 24.8 Å². The first-order chi connectivity index (χ1) is 9.61. The SMILES string of the molecule is CCCCCc1ccc(NC(=O)CCCC(C)N)cc1. The summed E-state index contributed by atoms with van der Waals surface area (Å²) in [5.41, 5.74) is 7.89. The van der Waals surface area contributed by atoms with E-state index in [0.29, 0.717) is 6.42 Å². The third-order valence-corrected chi connectivity index (χ3v) is 3.37. The molecule has 0 spiro atoms. The molecule has 1 amide bonds. The molecule has 3 N–H and O–H groups in total. The number of hydrogen-bond donors (Lipinski definition) is 2. The number of anilines is 1. The first-order valence-electron chi connectivity index (χ1n) is 7.76. The van der Waals surface area contributed by atoms with Crippen LogP contribution in [0.4, 0.5) is 5.69 Å². The minimum atomic E-state index is 0.0735. The van der Waals surface area contributed by atoms with Crippen LogP contribution in [-0.4, -0.2) is 11.9 Å². The summed E-state index contributed by atoms with van der Waals surface area (Å²) in [5.74, 6) is 0.0735. The molecule has 1 atom stereocenters. The van der Waals surface area contributed by atoms with Crippen molar-refractivity contribution in [2.45, 2.75) is 64.8 Å². The summed E-state index contributed by atoms with van der Waals surface area (Å²) >= 11 is 0. The highest BCUT2D eigenvalue weighted by Crippen LogP contribution is 2.13. The molecule has 0 fully saturated rings. The van der Waals surface area contributed by atoms with Crippen molar-refractivity contribution in [2.75, 3.05) is 5.32 Å². The lowest BCUT2D eigenvalue weighted by Crippen LogP contribution is -2.16. The van der Waals surface area contributed by atoms with Crippen molar-refractivity contribution < 1.29 is 4.79 Å². The number of hydrogen-bond acceptors (Lipinski definition) is 2. The fourth-order valence-corrected chi connectivity index (χ4v) is 2.14. The zero-order valence-corrected chi connectivity index (χ0v) is 12.8. The van der Waals surface area contributed by atoms with Crippen molar-refractivity contribution in [1.82, 2.24) is 0 Å². The van der Waals surface area contributed by atoms with Gasteiger partial charge in [-0.1, -0.05) is 31.9 Å². The number of aryl methyl sites for hydroxylation is 1. The molecular weight excluding hydrogens is 248 g/mol. The minimum Gasteiger partial charge on any atom is -0.328 e. The summed E-state index contributed by atoms with van der Waals surface area (Å²) in [6, 6.07) is 8.36. The van der Waals surface area contributed by atoms with Gasteiger partial charge in [0.25, 0.3) is 0 Å². The molecule has 0 heterocycles. The Hall–Kier alpha value is -1.35. The van der Waals surface area contributed by atoms with Gasteiger partial charge in [0.15, 0.2) is 0 Å². The summed E-state index contributed by atoms with van der Waals surface area (Å²) in [4.78, 5) is 11.7. The van der Waals surface area contributed by atoms with E-state index >= 15 is 0 Å². The van der Waals surface area contributed by atoms with E-state index in [4.69, 9.17) is 5.73 Å². The Labute approximate surface area is 122 Å². The maximum absolute atomic E-state index is 11.7. The number of nitrogens with one attached hydrogen (secondary N) is 1. The van der Waals surface area contributed by atoms with Crippen LogP contribution in [0.5, 0.6) is 0 Å². The minimum absolute atomic E-state index is 0.0735. The molecule has 20 heavy (non-hydrogen) atoms. The van der Waals surface area contributed by atoms with Crippen molar-refractivity contribution in [1.29, 1.82) is 0 Å². The van der Waals surface area contributed by atoms with Crippen molar-refractivity contribution >= 4 is 11.6 Å². The van der Waals surface area contributed by atoms with E-state index in [1.54, 1.807) is 0 Å². The zero-order chi connectivity index (χ0) is 14.8. The molecule has 3 nitrogen and oxygen atoms in total. The second-order valence-corrected chi connectivity index (χ2v) is 5.57. The summed E-state index contributed by atoms with van der Waals surface area (Å²) < 4.78 is 0. The summed E-state index contributed by atoms with van der Waals surface area (Å²) in [6.07, 6.45) is 7.16. The van der Waals surface area contributed by atoms with E-state index in [9.17, 15) is 4.79 Å². The lowest BCUT2D eigenvalue weighted by atomic mass is 10.1. The van der Waals surface area contributed by atoms with Crippen LogP contribution in [0.2, 0.25) is 0 Å². The lowest BCUT2D eigenvalue weighted by Gasteiger charge is -2.07. The second-order valence-electron chi connectivity index (χ2n) is 5.57. The quantitative estimate of drug-likeness (QED) is 0.673. The van der Waals surface area contributed by atoms with Gasteiger partial charge in [-0.25, -0.2) is 0 Å². The molecule has 1 aromatic rings. The molecule has 112 valence electrons. The summed E-state index contributed by atoms with van der Waals surface area (Å²) in [5, 5.41) is 2.93. The van der Waals surface area contributed by atoms with Gasteiger partial charge in [0.05, 0.1) is 0 Å². The maximum Gasteiger partial charge on any atom is 0.224 e. The van der Waals surface area contributed by atoms with Crippen molar-refractivity contribution in [3.63, 3.8) is 0 Å². The smallest absolute Gasteiger partial charge is 0.224 e. The Morgan fingerprint density at radius 2 is 1.90 bits per heavy atom. The molecule has 0 saturated carbocycles. The van der Waals surface area contributed by atoms with Crippen LogP contribution in [0, 0.1) is 0 Å². The Morgan fingerprint density at radius 1 is 1.20 bits per heavy atom. The molecular formula is C17H28N2O. The van der Waals surface area contributed by atoms with Crippen molar-refractivity contribution in [3.8, 4) is 0 Å². The average molecular weight is 276 g/mol. The highest BCUT2D eigenvalue weighted by atomic mass is 16.1. The molecule has 1 aromatic carbocycles. The van der Waals surface area contributed by atoms with E-state index < -0.39 is 0 Å². The van der Waals surface area contributed by atoms with Crippen LogP contribution < -0.4 is 11.1 Å². The van der Waals surface area contributed by atoms with Crippen molar-refractivity contribution in [3.05, 3.63) is 29.8 Å². The number of unbranched alkanes of at least 4 members (excludes halogenated alkanes) is 2. The molecule has 0 saturated heterocycles. The Kier molecular flexibility index (Phi) is 7.97. The largest absolute Gasteiger partial charge is 0.328 e. The lowest BCUT2D eigenvalue weighted by molar-refractivity contribution is -0.116. The van der Waals surface area contributed by atoms with Crippen LogP contribution >= 0.6 is 0 Å². The molecule has 3 heteroatoms. The predicted molar refractivity (Wildman–Crippen MR) is 85.8 cm³/mol. The first kappa shape index (κ1) is 16.7. The molecule has 0 aliphatic carbocycles. The number of carbonyl (C=O) groups is 1. The summed E-state index contributed by atoms with van der Waals surface area (Å²) in [6.45, 7) is 4.18. The fraction of sp³-hybridized carbons (Fsp3) is 0.588. The normalized spacial score (nSPS) is 12.2. The summed E-state index contributed by atoms with van der Waals surface area (Å²) in [7, 11) is 0. The molecule has 0 aromatic heterocycles. The van der Waals surface area contributed by atoms with E-state index in [0.717, 1.165) is 24.9 Å². The van der Waals surface area contributed by atoms with E-state index in [1.807, 2.05) is 19.1 Å². The van der Waals surface area contributed by atoms with Crippen LogP contribution in [-0.2, 0) is 11.2 Å². The van der Waals surface area contributed by atoms with E-state index in [-0.39, 0.29) is 11.9 Å². The van der Waals surface area contributed by atoms with Gasteiger partial charge in [0.2, 0.25) is 5.91 Å². The van der Waals surface area contributed by atoms with Gasteiger partial charge in [-0.15, -0.1) is 0 Å². The van der Waals surface area contributed by atoms with Crippen molar-refractivity contribution in [2.24, 2.45) is 5.73 Å². The Morgan fingerprint density at radius 3 is 2.50 bits per heavy atom. The molecule has 0 aliphatic rings. The van der Waals surface area contributed by atoms with Gasteiger partial charge < -0.3 is 11.1 Å². The first-order valence-corrected chi connectivity index (χ1v) is 7.76. The molecule has 0 radical (unpaired) electrons. The van der Waals surface area contributed by atoms with Gasteiger partial charge in [-0.05, 0) is 50.3 Å². The molecule has 1 unspecified atom stereocenters. The second kappa shape index (κ2) is 9.54. The number of rotatable bonds is 9. The van der Waals surface area contributed by atoms with Gasteiger partial charge in [-0.3, -0.25) is 4.79 Å². The Bertz CT molecular complexity index is 384. The number of amides is 1. The molecule has 0 bridgehead atoms. The molecule has 1 rings (SSSR count). The standard InChI is InChI=1S/C17H28N2O/c1-3-4-5-8-15-10-12-16(13-11-15)19-17(20)9-6-7-14(2)18/h10-14H,3-9,18H2,1-2H3,(H,19,20). The average Bonchev–Trinajstić information content (AvgIpc) is 2.40. The predicted octanol–water partition coefficient (Wildman–Crippen LogP) is 3.88. The van der Waals surface area contributed by atoms with Crippen LogP contribution in [0.1, 0.15) is 57.9 Å². The van der Waals surface area contributed by atoms with Gasteiger partial charge in [-0.2, -0.15) is 0 Å². The van der Waals surface area contributed by atoms with Crippen LogP contribution in [0.15, 0.2) is 24.3 Å². The van der Waals surface area contributed by atoms with Gasteiger partial charge >= 0.3 is 0 Å². The number of carbonyl (C=O) groups excluding carboxylic acids is 1. The topological polar surface area (TPSA) is 55.1 Å². The zero-order valence-electron chi connectivity index (χ0n) is 12.8. The van der Waals surface area contributed by atoms with Crippen LogP contribution in [0.25, 0.3) is 0 Å². The maximum atomic E-state index is 11.7. The van der Waals surface area contributed by atoms with Gasteiger partial charge in [0.1, 0.15) is 0 Å². The number of benzene rings is 1. The fourth-order valence-electron chi connectivity index (χ4n) is 2.14. The third-order valence-electron chi connectivity index (χ3n) is 3.37. The Balaban J connectivity index is 2.31. The molecule has 0 aliphatic heterocycles.